The summed E-state index contributed by atoms with van der Waals surface area (Å²) in [4.78, 5) is 0. The van der Waals surface area contributed by atoms with E-state index in [2.05, 4.69) is 25.8 Å². The molecule has 3 heterocycles. The topological polar surface area (TPSA) is 64.0 Å². The fraction of sp³-hybridized carbons (Fsp3) is 0.364. The maximum Gasteiger partial charge on any atom is 0.250 e. The third kappa shape index (κ3) is 2.76. The average molecular weight is 362 g/mol. The molecule has 1 aliphatic rings. The lowest BCUT2D eigenvalue weighted by atomic mass is 10.1. The van der Waals surface area contributed by atoms with Crippen molar-refractivity contribution in [1.29, 1.82) is 0 Å². The van der Waals surface area contributed by atoms with Crippen LogP contribution in [0.5, 0.6) is 0 Å². The molecule has 0 fully saturated rings. The van der Waals surface area contributed by atoms with Gasteiger partial charge < -0.3 is 0 Å². The van der Waals surface area contributed by atoms with E-state index in [0.29, 0.717) is 10.6 Å². The molecule has 2 aromatic rings. The molecule has 0 saturated carbocycles. The Balaban J connectivity index is 1.76. The zero-order valence-corrected chi connectivity index (χ0v) is 13.1. The van der Waals surface area contributed by atoms with Crippen molar-refractivity contribution in [2.75, 3.05) is 0 Å². The average Bonchev–Trinajstić information content (AvgIpc) is 2.96. The molecule has 5 nitrogen and oxygen atoms in total. The highest BCUT2D eigenvalue weighted by Gasteiger charge is 2.25. The Morgan fingerprint density at radius 1 is 1.42 bits per heavy atom. The Kier molecular flexibility index (Phi) is 3.50. The highest BCUT2D eigenvalue weighted by molar-refractivity contribution is 9.11. The first-order valence-electron chi connectivity index (χ1n) is 5.83. The van der Waals surface area contributed by atoms with Crippen LogP contribution in [0.1, 0.15) is 12.1 Å². The molecule has 0 aromatic carbocycles. The van der Waals surface area contributed by atoms with Crippen LogP contribution in [0.4, 0.5) is 0 Å². The van der Waals surface area contributed by atoms with E-state index in [0.717, 1.165) is 22.4 Å². The zero-order chi connectivity index (χ0) is 13.5. The molecule has 0 bridgehead atoms. The number of nitrogens with one attached hydrogen (secondary N) is 1. The van der Waals surface area contributed by atoms with Gasteiger partial charge in [0.1, 0.15) is 4.21 Å². The molecule has 3 rings (SSSR count). The van der Waals surface area contributed by atoms with Crippen molar-refractivity contribution >= 4 is 37.3 Å². The van der Waals surface area contributed by atoms with E-state index in [9.17, 15) is 8.42 Å². The molecule has 2 aromatic heterocycles. The number of thiophene rings is 1. The van der Waals surface area contributed by atoms with E-state index in [1.807, 2.05) is 10.7 Å². The highest BCUT2D eigenvalue weighted by Crippen LogP contribution is 2.26. The fourth-order valence-electron chi connectivity index (χ4n) is 2.19. The lowest BCUT2D eigenvalue weighted by molar-refractivity contribution is 0.414. The number of aromatic nitrogens is 2. The van der Waals surface area contributed by atoms with Gasteiger partial charge in [-0.25, -0.2) is 13.1 Å². The quantitative estimate of drug-likeness (QED) is 0.909. The summed E-state index contributed by atoms with van der Waals surface area (Å²) in [5, 5.41) is 4.18. The standard InChI is InChI=1S/C11H12BrN3O2S2/c12-10-1-2-11(18-10)19(16,17)14-8-4-6-15-9(7-8)3-5-13-15/h1-3,5,8,14H,4,6-7H2/t8-/m1/s1. The van der Waals surface area contributed by atoms with Gasteiger partial charge in [-0.05, 0) is 40.5 Å². The first-order chi connectivity index (χ1) is 9.04. The number of nitrogens with zero attached hydrogens (tertiary/aromatic N) is 2. The van der Waals surface area contributed by atoms with Crippen molar-refractivity contribution in [3.8, 4) is 0 Å². The summed E-state index contributed by atoms with van der Waals surface area (Å²) in [5.41, 5.74) is 1.08. The molecule has 1 N–H and O–H groups in total. The van der Waals surface area contributed by atoms with Crippen LogP contribution >= 0.6 is 27.3 Å². The summed E-state index contributed by atoms with van der Waals surface area (Å²) in [6.45, 7) is 0.754. The maximum absolute atomic E-state index is 12.2. The third-order valence-corrected chi connectivity index (χ3v) is 6.72. The van der Waals surface area contributed by atoms with Crippen molar-refractivity contribution in [3.05, 3.63) is 33.9 Å². The van der Waals surface area contributed by atoms with Crippen LogP contribution in [0.25, 0.3) is 0 Å². The first kappa shape index (κ1) is 13.3. The van der Waals surface area contributed by atoms with Crippen molar-refractivity contribution in [2.45, 2.75) is 29.6 Å². The molecular weight excluding hydrogens is 350 g/mol. The van der Waals surface area contributed by atoms with Gasteiger partial charge in [0.15, 0.2) is 0 Å². The summed E-state index contributed by atoms with van der Waals surface area (Å²) in [6.07, 6.45) is 3.20. The Morgan fingerprint density at radius 3 is 3.00 bits per heavy atom. The van der Waals surface area contributed by atoms with E-state index in [-0.39, 0.29) is 6.04 Å². The van der Waals surface area contributed by atoms with E-state index in [4.69, 9.17) is 0 Å². The number of halogens is 1. The number of hydrogen-bond donors (Lipinski definition) is 1. The molecule has 102 valence electrons. The van der Waals surface area contributed by atoms with Crippen LogP contribution in [-0.2, 0) is 23.0 Å². The molecule has 1 atom stereocenters. The first-order valence-corrected chi connectivity index (χ1v) is 8.92. The van der Waals surface area contributed by atoms with Crippen molar-refractivity contribution < 1.29 is 8.42 Å². The maximum atomic E-state index is 12.2. The molecular formula is C11H12BrN3O2S2. The van der Waals surface area contributed by atoms with Crippen LogP contribution in [0.15, 0.2) is 32.4 Å². The Hall–Kier alpha value is -0.700. The predicted molar refractivity (Wildman–Crippen MR) is 76.7 cm³/mol. The van der Waals surface area contributed by atoms with E-state index in [1.54, 1.807) is 18.3 Å². The minimum absolute atomic E-state index is 0.0601. The largest absolute Gasteiger partial charge is 0.269 e. The fourth-order valence-corrected chi connectivity index (χ4v) is 5.48. The molecule has 19 heavy (non-hydrogen) atoms. The van der Waals surface area contributed by atoms with Crippen LogP contribution in [-0.4, -0.2) is 24.2 Å². The van der Waals surface area contributed by atoms with Gasteiger partial charge in [-0.15, -0.1) is 11.3 Å². The van der Waals surface area contributed by atoms with Gasteiger partial charge in [0.05, 0.1) is 3.79 Å². The van der Waals surface area contributed by atoms with Gasteiger partial charge >= 0.3 is 0 Å². The SMILES string of the molecule is O=S(=O)(N[C@@H]1CCn2nccc2C1)c1ccc(Br)s1. The lowest BCUT2D eigenvalue weighted by Gasteiger charge is -2.23. The smallest absolute Gasteiger partial charge is 0.250 e. The Bertz CT molecular complexity index is 692. The second-order valence-electron chi connectivity index (χ2n) is 4.42. The third-order valence-electron chi connectivity index (χ3n) is 3.08. The molecule has 0 saturated heterocycles. The van der Waals surface area contributed by atoms with E-state index in [1.165, 1.54) is 11.3 Å². The van der Waals surface area contributed by atoms with Crippen LogP contribution in [0.3, 0.4) is 0 Å². The number of rotatable bonds is 3. The van der Waals surface area contributed by atoms with E-state index < -0.39 is 10.0 Å². The molecule has 0 spiro atoms. The summed E-state index contributed by atoms with van der Waals surface area (Å²) >= 11 is 4.50. The Labute approximate surface area is 123 Å². The van der Waals surface area contributed by atoms with Gasteiger partial charge in [-0.1, -0.05) is 0 Å². The van der Waals surface area contributed by atoms with Crippen LogP contribution in [0, 0.1) is 0 Å². The molecule has 8 heteroatoms. The van der Waals surface area contributed by atoms with Crippen LogP contribution in [0.2, 0.25) is 0 Å². The minimum atomic E-state index is -3.42. The highest BCUT2D eigenvalue weighted by atomic mass is 79.9. The van der Waals surface area contributed by atoms with Gasteiger partial charge in [0, 0.05) is 30.9 Å². The molecule has 0 aliphatic carbocycles. The number of sulfonamides is 1. The zero-order valence-electron chi connectivity index (χ0n) is 9.91. The van der Waals surface area contributed by atoms with Gasteiger partial charge in [0.25, 0.3) is 0 Å². The number of hydrogen-bond acceptors (Lipinski definition) is 4. The van der Waals surface area contributed by atoms with E-state index >= 15 is 0 Å². The summed E-state index contributed by atoms with van der Waals surface area (Å²) < 4.78 is 30.3. The van der Waals surface area contributed by atoms with Gasteiger partial charge in [-0.2, -0.15) is 5.10 Å². The van der Waals surface area contributed by atoms with Crippen molar-refractivity contribution in [1.82, 2.24) is 14.5 Å². The normalized spacial score (nSPS) is 19.3. The number of fused-ring (bicyclic) bond motifs is 1. The summed E-state index contributed by atoms with van der Waals surface area (Å²) in [5.74, 6) is 0. The minimum Gasteiger partial charge on any atom is -0.269 e. The second-order valence-corrected chi connectivity index (χ2v) is 8.82. The summed E-state index contributed by atoms with van der Waals surface area (Å²) in [6, 6.07) is 5.23. The Morgan fingerprint density at radius 2 is 2.26 bits per heavy atom. The van der Waals surface area contributed by atoms with Crippen molar-refractivity contribution in [3.63, 3.8) is 0 Å². The molecule has 0 amide bonds. The lowest BCUT2D eigenvalue weighted by Crippen LogP contribution is -2.39. The monoisotopic (exact) mass is 361 g/mol. The predicted octanol–water partition coefficient (Wildman–Crippen LogP) is 2.00. The van der Waals surface area contributed by atoms with Gasteiger partial charge in [-0.3, -0.25) is 4.68 Å². The van der Waals surface area contributed by atoms with Gasteiger partial charge in [0.2, 0.25) is 10.0 Å². The summed E-state index contributed by atoms with van der Waals surface area (Å²) in [7, 11) is -3.42. The van der Waals surface area contributed by atoms with Crippen molar-refractivity contribution in [2.24, 2.45) is 0 Å². The van der Waals surface area contributed by atoms with Crippen LogP contribution < -0.4 is 4.72 Å². The molecule has 0 radical (unpaired) electrons. The second kappa shape index (κ2) is 5.01. The molecule has 0 unspecified atom stereocenters. The molecule has 1 aliphatic heterocycles. The number of aryl methyl sites for hydroxylation is 1.